The molecule has 1 fully saturated rings. The van der Waals surface area contributed by atoms with Crippen LogP contribution >= 0.6 is 0 Å². The number of benzene rings is 4. The Hall–Kier alpha value is -3.53. The lowest BCUT2D eigenvalue weighted by Crippen LogP contribution is -2.75. The summed E-state index contributed by atoms with van der Waals surface area (Å²) in [6.45, 7) is 9.59. The van der Waals surface area contributed by atoms with E-state index in [1.165, 1.54) is 32.7 Å². The number of ketones is 1. The number of aryl methyl sites for hydroxylation is 2. The fourth-order valence-electron chi connectivity index (χ4n) is 8.30. The molecule has 0 radical (unpaired) electrons. The number of Topliss-reactive ketones (excluding diaryl/α,β-unsaturated/α-hetero) is 1. The molecule has 4 aromatic carbocycles. The summed E-state index contributed by atoms with van der Waals surface area (Å²) in [6, 6.07) is 28.0. The number of aliphatic hydroxyl groups is 2. The van der Waals surface area contributed by atoms with Crippen LogP contribution in [-0.4, -0.2) is 79.9 Å². The molecule has 0 spiro atoms. The number of aliphatic hydroxyl groups excluding tert-OH is 1. The molecule has 0 saturated carbocycles. The molecular formula is C50H71NO10SSi. The average Bonchev–Trinajstić information content (AvgIpc) is 3.23. The van der Waals surface area contributed by atoms with Crippen LogP contribution in [0.25, 0.3) is 21.5 Å². The van der Waals surface area contributed by atoms with Crippen molar-refractivity contribution in [2.45, 2.75) is 172 Å². The number of unbranched alkanes of at least 4 members (excludes halogenated alkanes) is 10. The third kappa shape index (κ3) is 14.7. The molecule has 63 heavy (non-hydrogen) atoms. The number of ether oxygens (including phenoxy) is 1. The summed E-state index contributed by atoms with van der Waals surface area (Å²) in [5.41, 5.74) is -0.174. The van der Waals surface area contributed by atoms with Gasteiger partial charge in [-0.25, -0.2) is 4.18 Å². The molecule has 0 aromatic heterocycles. The Morgan fingerprint density at radius 3 is 1.67 bits per heavy atom. The van der Waals surface area contributed by atoms with Crippen LogP contribution in [0.2, 0.25) is 18.1 Å². The van der Waals surface area contributed by atoms with Crippen molar-refractivity contribution in [2.24, 2.45) is 0 Å². The molecule has 13 heteroatoms. The van der Waals surface area contributed by atoms with Gasteiger partial charge in [0.15, 0.2) is 26.0 Å². The first-order chi connectivity index (χ1) is 29.9. The number of fused-ring (bicyclic) bond motifs is 2. The van der Waals surface area contributed by atoms with Gasteiger partial charge in [-0.2, -0.15) is 8.42 Å². The predicted octanol–water partition coefficient (Wildman–Crippen LogP) is 9.95. The van der Waals surface area contributed by atoms with Gasteiger partial charge in [-0.05, 0) is 89.3 Å². The Morgan fingerprint density at radius 2 is 1.17 bits per heavy atom. The van der Waals surface area contributed by atoms with Crippen LogP contribution in [0.15, 0.2) is 84.9 Å². The summed E-state index contributed by atoms with van der Waals surface area (Å²) >= 11 is 0. The highest BCUT2D eigenvalue weighted by Crippen LogP contribution is 2.39. The molecule has 5 atom stereocenters. The quantitative estimate of drug-likeness (QED) is 0.0285. The number of amides is 1. The molecule has 1 aliphatic rings. The van der Waals surface area contributed by atoms with Crippen LogP contribution in [0.4, 0.5) is 0 Å². The Balaban J connectivity index is 1.15. The maximum absolute atomic E-state index is 14.2. The highest BCUT2D eigenvalue weighted by atomic mass is 32.3. The van der Waals surface area contributed by atoms with Gasteiger partial charge in [0.1, 0.15) is 18.2 Å². The molecule has 5 rings (SSSR count). The maximum atomic E-state index is 14.2. The normalized spacial score (nSPS) is 20.9. The number of hydrogen-bond donors (Lipinski definition) is 4. The van der Waals surface area contributed by atoms with Gasteiger partial charge >= 0.3 is 10.4 Å². The van der Waals surface area contributed by atoms with Gasteiger partial charge in [0.25, 0.3) is 0 Å². The molecule has 0 unspecified atom stereocenters. The average molecular weight is 906 g/mol. The topological polar surface area (TPSA) is 169 Å². The van der Waals surface area contributed by atoms with Crippen molar-refractivity contribution in [2.75, 3.05) is 6.61 Å². The Bertz CT molecular complexity index is 2210. The zero-order valence-electron chi connectivity index (χ0n) is 38.0. The minimum absolute atomic E-state index is 0.0488. The van der Waals surface area contributed by atoms with Crippen LogP contribution in [0.1, 0.15) is 122 Å². The summed E-state index contributed by atoms with van der Waals surface area (Å²) in [5, 5.41) is 31.0. The standard InChI is InChI=1S/C50H71NO10SSi/c1-49(2,3)63(4,5)59-36-43-47(61-62(56,57)58)50(55,44(52)28-16-12-8-6-10-14-22-37-30-32-39-24-18-20-26-41(39)34-37)46(48(54)60-43)51-45(53)29-17-13-9-7-11-15-23-38-31-33-40-25-19-21-27-42(40)35-38/h18-21,24-27,30-35,43,46-48,54-55H,6-17,22-23,28-29,36H2,1-5H3,(H,51,53)(H,56,57,58)/t43-,46-,47-,48+,50-/m1/s1. The molecule has 4 N–H and O–H groups in total. The van der Waals surface area contributed by atoms with Crippen molar-refractivity contribution >= 4 is 52.0 Å². The second-order valence-corrected chi connectivity index (χ2v) is 24.8. The summed E-state index contributed by atoms with van der Waals surface area (Å²) in [4.78, 5) is 27.6. The number of nitrogens with one attached hydrogen (secondary N) is 1. The van der Waals surface area contributed by atoms with E-state index in [0.717, 1.165) is 70.6 Å². The van der Waals surface area contributed by atoms with Gasteiger partial charge in [0.05, 0.1) is 6.61 Å². The zero-order valence-corrected chi connectivity index (χ0v) is 39.8. The summed E-state index contributed by atoms with van der Waals surface area (Å²) in [6.07, 6.45) is 6.63. The lowest BCUT2D eigenvalue weighted by molar-refractivity contribution is -0.273. The van der Waals surface area contributed by atoms with E-state index in [2.05, 4.69) is 66.0 Å². The minimum atomic E-state index is -5.26. The van der Waals surface area contributed by atoms with E-state index in [1.54, 1.807) is 0 Å². The molecular weight excluding hydrogens is 835 g/mol. The van der Waals surface area contributed by atoms with Gasteiger partial charge in [-0.15, -0.1) is 0 Å². The smallest absolute Gasteiger partial charge is 0.397 e. The third-order valence-corrected chi connectivity index (χ3v) is 18.1. The van der Waals surface area contributed by atoms with Gasteiger partial charge in [-0.1, -0.05) is 157 Å². The van der Waals surface area contributed by atoms with Crippen molar-refractivity contribution in [1.82, 2.24) is 5.32 Å². The molecule has 1 saturated heterocycles. The highest BCUT2D eigenvalue weighted by Gasteiger charge is 2.62. The first kappa shape index (κ1) is 50.5. The van der Waals surface area contributed by atoms with Crippen LogP contribution in [0.3, 0.4) is 0 Å². The van der Waals surface area contributed by atoms with Gasteiger partial charge in [0, 0.05) is 12.8 Å². The highest BCUT2D eigenvalue weighted by molar-refractivity contribution is 7.80. The molecule has 346 valence electrons. The molecule has 4 aromatic rings. The van der Waals surface area contributed by atoms with Crippen LogP contribution in [0, 0.1) is 0 Å². The fourth-order valence-corrected chi connectivity index (χ4v) is 9.84. The lowest BCUT2D eigenvalue weighted by atomic mass is 9.77. The van der Waals surface area contributed by atoms with E-state index >= 15 is 0 Å². The predicted molar refractivity (Wildman–Crippen MR) is 252 cm³/mol. The molecule has 1 aliphatic heterocycles. The van der Waals surface area contributed by atoms with E-state index < -0.39 is 60.5 Å². The second-order valence-electron chi connectivity index (χ2n) is 19.0. The number of carbonyl (C=O) groups excluding carboxylic acids is 2. The third-order valence-electron chi connectivity index (χ3n) is 13.1. The van der Waals surface area contributed by atoms with Crippen LogP contribution in [0.5, 0.6) is 0 Å². The molecule has 11 nitrogen and oxygen atoms in total. The summed E-state index contributed by atoms with van der Waals surface area (Å²) in [5.74, 6) is -1.38. The van der Waals surface area contributed by atoms with Crippen molar-refractivity contribution in [3.63, 3.8) is 0 Å². The van der Waals surface area contributed by atoms with Crippen molar-refractivity contribution < 1.29 is 46.1 Å². The zero-order chi connectivity index (χ0) is 45.7. The van der Waals surface area contributed by atoms with Crippen LogP contribution in [-0.2, 0) is 46.2 Å². The lowest BCUT2D eigenvalue weighted by Gasteiger charge is -2.49. The van der Waals surface area contributed by atoms with Gasteiger partial charge in [-0.3, -0.25) is 14.1 Å². The van der Waals surface area contributed by atoms with Crippen molar-refractivity contribution in [3.8, 4) is 0 Å². The second kappa shape index (κ2) is 23.1. The van der Waals surface area contributed by atoms with E-state index in [0.29, 0.717) is 19.3 Å². The van der Waals surface area contributed by atoms with Gasteiger partial charge < -0.3 is 24.7 Å². The monoisotopic (exact) mass is 905 g/mol. The maximum Gasteiger partial charge on any atom is 0.397 e. The van der Waals surface area contributed by atoms with E-state index in [4.69, 9.17) is 13.3 Å². The summed E-state index contributed by atoms with van der Waals surface area (Å²) in [7, 11) is -7.77. The van der Waals surface area contributed by atoms with Crippen molar-refractivity contribution in [1.29, 1.82) is 0 Å². The minimum Gasteiger partial charge on any atom is -0.414 e. The number of carbonyl (C=O) groups is 2. The van der Waals surface area contributed by atoms with E-state index in [9.17, 15) is 32.8 Å². The molecule has 1 amide bonds. The van der Waals surface area contributed by atoms with Crippen LogP contribution < -0.4 is 5.32 Å². The number of hydrogen-bond acceptors (Lipinski definition) is 9. The number of rotatable bonds is 25. The Kier molecular flexibility index (Phi) is 18.5. The largest absolute Gasteiger partial charge is 0.414 e. The SMILES string of the molecule is CC(C)(C)[Si](C)(C)OC[C@H]1O[C@H](O)[C@@H](NC(=O)CCCCCCCCc2ccc3ccccc3c2)[C@](O)(C(=O)CCCCCCCCc2ccc3ccccc3c2)[C@@H]1OS(=O)(=O)O. The molecule has 0 aliphatic carbocycles. The first-order valence-electron chi connectivity index (χ1n) is 23.0. The van der Waals surface area contributed by atoms with E-state index in [1.807, 2.05) is 58.1 Å². The molecule has 0 bridgehead atoms. The van der Waals surface area contributed by atoms with E-state index in [-0.39, 0.29) is 24.5 Å². The van der Waals surface area contributed by atoms with Gasteiger partial charge in [0.2, 0.25) is 5.91 Å². The Morgan fingerprint density at radius 1 is 0.714 bits per heavy atom. The first-order valence-corrected chi connectivity index (χ1v) is 27.3. The van der Waals surface area contributed by atoms with Crippen molar-refractivity contribution in [3.05, 3.63) is 96.1 Å². The summed E-state index contributed by atoms with van der Waals surface area (Å²) < 4.78 is 51.7. The fraction of sp³-hybridized carbons (Fsp3) is 0.560. The Labute approximate surface area is 376 Å². The molecule has 1 heterocycles.